The summed E-state index contributed by atoms with van der Waals surface area (Å²) in [5.41, 5.74) is -1.80. The van der Waals surface area contributed by atoms with Crippen molar-refractivity contribution in [2.75, 3.05) is 13.7 Å². The van der Waals surface area contributed by atoms with E-state index in [9.17, 15) is 4.79 Å². The molecule has 0 aliphatic carbocycles. The van der Waals surface area contributed by atoms with Gasteiger partial charge in [0.1, 0.15) is 5.60 Å². The lowest BCUT2D eigenvalue weighted by atomic mass is 9.92. The minimum atomic E-state index is -1.23. The van der Waals surface area contributed by atoms with Gasteiger partial charge in [0.25, 0.3) is 0 Å². The summed E-state index contributed by atoms with van der Waals surface area (Å²) in [7, 11) is 1.50. The summed E-state index contributed by atoms with van der Waals surface area (Å²) in [5, 5.41) is 0. The van der Waals surface area contributed by atoms with Crippen molar-refractivity contribution in [1.29, 1.82) is 0 Å². The lowest BCUT2D eigenvalue weighted by Crippen LogP contribution is -2.51. The summed E-state index contributed by atoms with van der Waals surface area (Å²) in [6.07, 6.45) is 0.451. The van der Waals surface area contributed by atoms with Crippen LogP contribution in [0.3, 0.4) is 0 Å². The minimum Gasteiger partial charge on any atom is -0.458 e. The molecule has 0 fully saturated rings. The van der Waals surface area contributed by atoms with Gasteiger partial charge in [0.05, 0.1) is 6.61 Å². The van der Waals surface area contributed by atoms with E-state index in [4.69, 9.17) is 20.2 Å². The largest absolute Gasteiger partial charge is 0.458 e. The fourth-order valence-electron chi connectivity index (χ4n) is 1.60. The van der Waals surface area contributed by atoms with Crippen LogP contribution in [0.5, 0.6) is 0 Å². The van der Waals surface area contributed by atoms with Crippen LogP contribution in [0.4, 0.5) is 0 Å². The Hall–Kier alpha value is -0.650. The molecule has 0 aliphatic heterocycles. The van der Waals surface area contributed by atoms with Crippen LogP contribution in [0.25, 0.3) is 0 Å². The van der Waals surface area contributed by atoms with Crippen molar-refractivity contribution in [3.8, 4) is 0 Å². The third-order valence-corrected chi connectivity index (χ3v) is 2.11. The molecule has 5 nitrogen and oxygen atoms in total. The van der Waals surface area contributed by atoms with Crippen LogP contribution in [0, 0.1) is 5.92 Å². The highest BCUT2D eigenvalue weighted by atomic mass is 16.7. The van der Waals surface area contributed by atoms with Gasteiger partial charge in [-0.1, -0.05) is 13.8 Å². The molecule has 0 saturated heterocycles. The van der Waals surface area contributed by atoms with Crippen LogP contribution < -0.4 is 5.90 Å². The summed E-state index contributed by atoms with van der Waals surface area (Å²) in [6.45, 7) is 9.44. The number of hydrogen-bond acceptors (Lipinski definition) is 5. The second-order valence-corrected chi connectivity index (χ2v) is 5.65. The first-order chi connectivity index (χ1) is 7.67. The molecule has 102 valence electrons. The average molecular weight is 247 g/mol. The van der Waals surface area contributed by atoms with E-state index < -0.39 is 17.2 Å². The highest BCUT2D eigenvalue weighted by Gasteiger charge is 2.43. The number of ether oxygens (including phenoxy) is 2. The Kier molecular flexibility index (Phi) is 6.09. The minimum absolute atomic E-state index is 0.0800. The molecule has 17 heavy (non-hydrogen) atoms. The van der Waals surface area contributed by atoms with Crippen LogP contribution in [0.1, 0.15) is 41.0 Å². The second-order valence-electron chi connectivity index (χ2n) is 5.65. The van der Waals surface area contributed by atoms with Crippen LogP contribution >= 0.6 is 0 Å². The van der Waals surface area contributed by atoms with E-state index in [0.717, 1.165) is 0 Å². The molecule has 2 N–H and O–H groups in total. The molecule has 0 rings (SSSR count). The van der Waals surface area contributed by atoms with Gasteiger partial charge in [-0.25, -0.2) is 10.7 Å². The summed E-state index contributed by atoms with van der Waals surface area (Å²) in [6, 6.07) is 0. The molecular formula is C12H25NO4. The quantitative estimate of drug-likeness (QED) is 0.571. The van der Waals surface area contributed by atoms with E-state index in [1.165, 1.54) is 7.11 Å². The van der Waals surface area contributed by atoms with E-state index >= 15 is 0 Å². The van der Waals surface area contributed by atoms with Gasteiger partial charge in [0, 0.05) is 7.11 Å². The molecule has 0 heterocycles. The van der Waals surface area contributed by atoms with Gasteiger partial charge in [-0.15, -0.1) is 0 Å². The maximum atomic E-state index is 12.1. The first-order valence-corrected chi connectivity index (χ1v) is 5.77. The molecule has 0 saturated carbocycles. The van der Waals surface area contributed by atoms with Gasteiger partial charge >= 0.3 is 5.97 Å². The van der Waals surface area contributed by atoms with Gasteiger partial charge in [-0.05, 0) is 33.1 Å². The number of rotatable bonds is 6. The lowest BCUT2D eigenvalue weighted by Gasteiger charge is -2.33. The zero-order valence-corrected chi connectivity index (χ0v) is 11.7. The SMILES string of the molecule is COC[C@@](CC(C)C)(ON)C(=O)OC(C)(C)C. The third-order valence-electron chi connectivity index (χ3n) is 2.11. The number of methoxy groups -OCH3 is 1. The smallest absolute Gasteiger partial charge is 0.343 e. The highest BCUT2D eigenvalue weighted by Crippen LogP contribution is 2.24. The average Bonchev–Trinajstić information content (AvgIpc) is 2.13. The number of carbonyl (C=O) groups excluding carboxylic acids is 1. The molecule has 0 aliphatic rings. The zero-order chi connectivity index (χ0) is 13.7. The topological polar surface area (TPSA) is 70.8 Å². The highest BCUT2D eigenvalue weighted by molar-refractivity contribution is 5.80. The van der Waals surface area contributed by atoms with E-state index in [1.54, 1.807) is 20.8 Å². The van der Waals surface area contributed by atoms with Crippen molar-refractivity contribution in [1.82, 2.24) is 0 Å². The number of hydrogen-bond donors (Lipinski definition) is 1. The fourth-order valence-corrected chi connectivity index (χ4v) is 1.60. The van der Waals surface area contributed by atoms with Crippen molar-refractivity contribution in [2.45, 2.75) is 52.2 Å². The maximum absolute atomic E-state index is 12.1. The van der Waals surface area contributed by atoms with E-state index in [-0.39, 0.29) is 12.5 Å². The van der Waals surface area contributed by atoms with E-state index in [1.807, 2.05) is 13.8 Å². The maximum Gasteiger partial charge on any atom is 0.343 e. The standard InChI is InChI=1S/C12H25NO4/c1-9(2)7-12(17-13,8-15-6)10(14)16-11(3,4)5/h9H,7-8,13H2,1-6H3/t12-/m1/s1. The Labute approximate surface area is 104 Å². The Morgan fingerprint density at radius 2 is 1.82 bits per heavy atom. The van der Waals surface area contributed by atoms with Crippen LogP contribution in [0.2, 0.25) is 0 Å². The molecule has 0 unspecified atom stereocenters. The molecule has 0 spiro atoms. The van der Waals surface area contributed by atoms with Crippen molar-refractivity contribution < 1.29 is 19.1 Å². The van der Waals surface area contributed by atoms with Crippen LogP contribution in [-0.2, 0) is 19.1 Å². The number of nitrogens with two attached hydrogens (primary N) is 1. The van der Waals surface area contributed by atoms with Crippen LogP contribution in [0.15, 0.2) is 0 Å². The van der Waals surface area contributed by atoms with Crippen molar-refractivity contribution in [3.05, 3.63) is 0 Å². The van der Waals surface area contributed by atoms with Crippen molar-refractivity contribution in [2.24, 2.45) is 11.8 Å². The van der Waals surface area contributed by atoms with Gasteiger partial charge in [-0.3, -0.25) is 4.84 Å². The predicted octanol–water partition coefficient (Wildman–Crippen LogP) is 1.65. The molecule has 5 heteroatoms. The lowest BCUT2D eigenvalue weighted by molar-refractivity contribution is -0.194. The summed E-state index contributed by atoms with van der Waals surface area (Å²) < 4.78 is 10.4. The van der Waals surface area contributed by atoms with Gasteiger partial charge < -0.3 is 9.47 Å². The third kappa shape index (κ3) is 5.48. The second kappa shape index (κ2) is 6.33. The van der Waals surface area contributed by atoms with Crippen molar-refractivity contribution >= 4 is 5.97 Å². The van der Waals surface area contributed by atoms with Gasteiger partial charge in [0.15, 0.2) is 0 Å². The first-order valence-electron chi connectivity index (χ1n) is 5.77. The Morgan fingerprint density at radius 3 is 2.12 bits per heavy atom. The molecule has 0 aromatic carbocycles. The Balaban J connectivity index is 4.94. The summed E-state index contributed by atoms with van der Waals surface area (Å²) in [4.78, 5) is 17.0. The number of esters is 1. The van der Waals surface area contributed by atoms with Crippen molar-refractivity contribution in [3.63, 3.8) is 0 Å². The normalized spacial score (nSPS) is 15.8. The van der Waals surface area contributed by atoms with Gasteiger partial charge in [-0.2, -0.15) is 0 Å². The molecule has 0 radical (unpaired) electrons. The molecule has 0 amide bonds. The molecular weight excluding hydrogens is 222 g/mol. The zero-order valence-electron chi connectivity index (χ0n) is 11.7. The molecule has 0 bridgehead atoms. The summed E-state index contributed by atoms with van der Waals surface area (Å²) >= 11 is 0. The predicted molar refractivity (Wildman–Crippen MR) is 65.2 cm³/mol. The fraction of sp³-hybridized carbons (Fsp3) is 0.917. The Bertz CT molecular complexity index is 247. The molecule has 0 aromatic heterocycles. The molecule has 0 aromatic rings. The van der Waals surface area contributed by atoms with E-state index in [0.29, 0.717) is 6.42 Å². The Morgan fingerprint density at radius 1 is 1.29 bits per heavy atom. The van der Waals surface area contributed by atoms with Gasteiger partial charge in [0.2, 0.25) is 5.60 Å². The number of carbonyl (C=O) groups is 1. The summed E-state index contributed by atoms with van der Waals surface area (Å²) in [5.74, 6) is 5.04. The van der Waals surface area contributed by atoms with E-state index in [2.05, 4.69) is 0 Å². The monoisotopic (exact) mass is 247 g/mol. The van der Waals surface area contributed by atoms with Crippen LogP contribution in [-0.4, -0.2) is 30.9 Å². The molecule has 1 atom stereocenters. The first kappa shape index (κ1) is 16.4.